The van der Waals surface area contributed by atoms with E-state index in [1.807, 2.05) is 19.1 Å². The number of phenolic OH excluding ortho intramolecular Hbond substituents is 1. The molecule has 0 aliphatic carbocycles. The lowest BCUT2D eigenvalue weighted by molar-refractivity contribution is 0.373. The highest BCUT2D eigenvalue weighted by atomic mass is 127. The highest BCUT2D eigenvalue weighted by molar-refractivity contribution is 14.0. The zero-order valence-corrected chi connectivity index (χ0v) is 17.3. The summed E-state index contributed by atoms with van der Waals surface area (Å²) in [7, 11) is 1.51. The fraction of sp³-hybridized carbons (Fsp3) is 0.316. The maximum Gasteiger partial charge on any atom is 0.191 e. The molecule has 0 unspecified atom stereocenters. The molecule has 5 nitrogen and oxygen atoms in total. The van der Waals surface area contributed by atoms with Gasteiger partial charge in [0.05, 0.1) is 13.7 Å². The van der Waals surface area contributed by atoms with Gasteiger partial charge in [-0.05, 0) is 42.7 Å². The Hall–Kier alpha value is -2.03. The van der Waals surface area contributed by atoms with Gasteiger partial charge < -0.3 is 20.5 Å². The van der Waals surface area contributed by atoms with Crippen LogP contribution in [0, 0.1) is 5.82 Å². The highest BCUT2D eigenvalue weighted by Crippen LogP contribution is 2.26. The minimum atomic E-state index is -0.194. The molecule has 0 aliphatic rings. The van der Waals surface area contributed by atoms with Crippen molar-refractivity contribution in [3.8, 4) is 11.5 Å². The number of aromatic hydroxyl groups is 1. The van der Waals surface area contributed by atoms with E-state index in [2.05, 4.69) is 15.6 Å². The van der Waals surface area contributed by atoms with Crippen molar-refractivity contribution in [1.29, 1.82) is 0 Å². The Morgan fingerprint density at radius 3 is 2.62 bits per heavy atom. The molecule has 0 saturated carbocycles. The van der Waals surface area contributed by atoms with Gasteiger partial charge in [-0.25, -0.2) is 9.38 Å². The van der Waals surface area contributed by atoms with Crippen LogP contribution in [0.4, 0.5) is 4.39 Å². The van der Waals surface area contributed by atoms with E-state index < -0.39 is 0 Å². The number of benzene rings is 2. The summed E-state index contributed by atoms with van der Waals surface area (Å²) in [6.07, 6.45) is 0.570. The third-order valence-corrected chi connectivity index (χ3v) is 3.65. The number of aliphatic imine (C=N–C) groups is 1. The second-order valence-electron chi connectivity index (χ2n) is 5.47. The average molecular weight is 473 g/mol. The lowest BCUT2D eigenvalue weighted by Gasteiger charge is -2.12. The van der Waals surface area contributed by atoms with Crippen LogP contribution in [0.3, 0.4) is 0 Å². The van der Waals surface area contributed by atoms with Gasteiger partial charge >= 0.3 is 0 Å². The minimum absolute atomic E-state index is 0. The summed E-state index contributed by atoms with van der Waals surface area (Å²) in [5.74, 6) is 0.976. The van der Waals surface area contributed by atoms with Gasteiger partial charge in [-0.2, -0.15) is 0 Å². The first-order valence-corrected chi connectivity index (χ1v) is 8.25. The molecule has 0 saturated heterocycles. The molecular formula is C19H25FIN3O2. The van der Waals surface area contributed by atoms with Crippen LogP contribution in [0.15, 0.2) is 47.5 Å². The predicted molar refractivity (Wildman–Crippen MR) is 113 cm³/mol. The van der Waals surface area contributed by atoms with E-state index in [-0.39, 0.29) is 35.5 Å². The van der Waals surface area contributed by atoms with E-state index in [4.69, 9.17) is 4.74 Å². The Bertz CT molecular complexity index is 726. The SMILES string of the molecule is CCNC(=NCc1ccc(OC)c(O)c1)NCCc1ccccc1F.I. The van der Waals surface area contributed by atoms with Crippen LogP contribution in [-0.2, 0) is 13.0 Å². The summed E-state index contributed by atoms with van der Waals surface area (Å²) < 4.78 is 18.7. The maximum atomic E-state index is 13.6. The van der Waals surface area contributed by atoms with Gasteiger partial charge in [0.15, 0.2) is 17.5 Å². The van der Waals surface area contributed by atoms with Crippen molar-refractivity contribution < 1.29 is 14.2 Å². The minimum Gasteiger partial charge on any atom is -0.504 e. The average Bonchev–Trinajstić information content (AvgIpc) is 2.61. The van der Waals surface area contributed by atoms with Crippen LogP contribution < -0.4 is 15.4 Å². The Balaban J connectivity index is 0.00000338. The molecule has 26 heavy (non-hydrogen) atoms. The highest BCUT2D eigenvalue weighted by Gasteiger charge is 2.04. The van der Waals surface area contributed by atoms with Crippen LogP contribution in [0.2, 0.25) is 0 Å². The molecule has 2 rings (SSSR count). The Morgan fingerprint density at radius 2 is 1.96 bits per heavy atom. The third-order valence-electron chi connectivity index (χ3n) is 3.65. The predicted octanol–water partition coefficient (Wildman–Crippen LogP) is 3.46. The number of ether oxygens (including phenoxy) is 1. The first-order valence-electron chi connectivity index (χ1n) is 8.25. The third kappa shape index (κ3) is 6.70. The van der Waals surface area contributed by atoms with Crippen LogP contribution in [0.25, 0.3) is 0 Å². The number of methoxy groups -OCH3 is 1. The van der Waals surface area contributed by atoms with Crippen molar-refractivity contribution in [3.05, 3.63) is 59.4 Å². The second-order valence-corrected chi connectivity index (χ2v) is 5.47. The van der Waals surface area contributed by atoms with Gasteiger partial charge in [0, 0.05) is 13.1 Å². The number of nitrogens with zero attached hydrogens (tertiary/aromatic N) is 1. The standard InChI is InChI=1S/C19H24FN3O2.HI/c1-3-21-19(22-11-10-15-6-4-5-7-16(15)20)23-13-14-8-9-18(25-2)17(24)12-14;/h4-9,12,24H,3,10-11,13H2,1-2H3,(H2,21,22,23);1H. The topological polar surface area (TPSA) is 65.9 Å². The molecule has 2 aromatic rings. The fourth-order valence-corrected chi connectivity index (χ4v) is 2.36. The summed E-state index contributed by atoms with van der Waals surface area (Å²) in [5.41, 5.74) is 1.54. The fourth-order valence-electron chi connectivity index (χ4n) is 2.36. The molecule has 7 heteroatoms. The monoisotopic (exact) mass is 473 g/mol. The van der Waals surface area contributed by atoms with Crippen LogP contribution in [0.1, 0.15) is 18.1 Å². The lowest BCUT2D eigenvalue weighted by atomic mass is 10.1. The molecule has 0 atom stereocenters. The number of hydrogen-bond donors (Lipinski definition) is 3. The Morgan fingerprint density at radius 1 is 1.19 bits per heavy atom. The van der Waals surface area contributed by atoms with Crippen LogP contribution in [0.5, 0.6) is 11.5 Å². The largest absolute Gasteiger partial charge is 0.504 e. The van der Waals surface area contributed by atoms with E-state index in [0.717, 1.165) is 12.1 Å². The zero-order valence-electron chi connectivity index (χ0n) is 15.0. The molecular weight excluding hydrogens is 448 g/mol. The smallest absolute Gasteiger partial charge is 0.191 e. The summed E-state index contributed by atoms with van der Waals surface area (Å²) in [6, 6.07) is 11.9. The maximum absolute atomic E-state index is 13.6. The molecule has 142 valence electrons. The van der Waals surface area contributed by atoms with Crippen molar-refractivity contribution in [1.82, 2.24) is 10.6 Å². The molecule has 0 fully saturated rings. The summed E-state index contributed by atoms with van der Waals surface area (Å²) in [4.78, 5) is 4.48. The number of phenols is 1. The van der Waals surface area contributed by atoms with Gasteiger partial charge in [-0.15, -0.1) is 24.0 Å². The van der Waals surface area contributed by atoms with Gasteiger partial charge in [-0.3, -0.25) is 0 Å². The molecule has 0 aromatic heterocycles. The summed E-state index contributed by atoms with van der Waals surface area (Å²) in [5, 5.41) is 16.2. The molecule has 0 amide bonds. The number of rotatable bonds is 7. The normalized spacial score (nSPS) is 10.8. The van der Waals surface area contributed by atoms with Crippen LogP contribution in [-0.4, -0.2) is 31.3 Å². The number of guanidine groups is 1. The van der Waals surface area contributed by atoms with Gasteiger partial charge in [0.1, 0.15) is 5.82 Å². The molecule has 2 aromatic carbocycles. The van der Waals surface area contributed by atoms with E-state index >= 15 is 0 Å². The Labute approximate surface area is 170 Å². The molecule has 0 aliphatic heterocycles. The van der Waals surface area contributed by atoms with Crippen molar-refractivity contribution in [2.75, 3.05) is 20.2 Å². The van der Waals surface area contributed by atoms with Gasteiger partial charge in [-0.1, -0.05) is 24.3 Å². The van der Waals surface area contributed by atoms with Crippen molar-refractivity contribution >= 4 is 29.9 Å². The molecule has 3 N–H and O–H groups in total. The van der Waals surface area contributed by atoms with Crippen molar-refractivity contribution in [3.63, 3.8) is 0 Å². The van der Waals surface area contributed by atoms with E-state index in [1.165, 1.54) is 13.2 Å². The first-order chi connectivity index (χ1) is 12.1. The van der Waals surface area contributed by atoms with E-state index in [1.54, 1.807) is 24.3 Å². The second kappa shape index (κ2) is 11.6. The molecule has 0 heterocycles. The molecule has 0 bridgehead atoms. The quantitative estimate of drug-likeness (QED) is 0.328. The van der Waals surface area contributed by atoms with Gasteiger partial charge in [0.25, 0.3) is 0 Å². The lowest BCUT2D eigenvalue weighted by Crippen LogP contribution is -2.38. The number of hydrogen-bond acceptors (Lipinski definition) is 3. The zero-order chi connectivity index (χ0) is 18.1. The van der Waals surface area contributed by atoms with Crippen molar-refractivity contribution in [2.45, 2.75) is 19.9 Å². The van der Waals surface area contributed by atoms with Gasteiger partial charge in [0.2, 0.25) is 0 Å². The van der Waals surface area contributed by atoms with E-state index in [9.17, 15) is 9.50 Å². The summed E-state index contributed by atoms with van der Waals surface area (Å²) in [6.45, 7) is 3.68. The number of halogens is 2. The summed E-state index contributed by atoms with van der Waals surface area (Å²) >= 11 is 0. The van der Waals surface area contributed by atoms with Crippen molar-refractivity contribution in [2.24, 2.45) is 4.99 Å². The first kappa shape index (κ1) is 22.0. The molecule has 0 radical (unpaired) electrons. The van der Waals surface area contributed by atoms with E-state index in [0.29, 0.717) is 36.8 Å². The van der Waals surface area contributed by atoms with Crippen LogP contribution >= 0.6 is 24.0 Å². The number of nitrogens with one attached hydrogen (secondary N) is 2. The molecule has 0 spiro atoms. The Kier molecular flexibility index (Phi) is 9.79.